The third-order valence-corrected chi connectivity index (χ3v) is 14.6. The highest BCUT2D eigenvalue weighted by Gasteiger charge is 2.41. The zero-order chi connectivity index (χ0) is 66.3. The number of likely N-dealkylation sites (tertiary alicyclic amines) is 1. The first-order valence-corrected chi connectivity index (χ1v) is 30.6. The first-order valence-electron chi connectivity index (χ1n) is 30.6. The Hall–Kier alpha value is -7.22. The fraction of sp³-hybridized carbons (Fsp3) is 0.741. The molecule has 1 saturated heterocycles. The molecule has 2 heterocycles. The van der Waals surface area contributed by atoms with Gasteiger partial charge >= 0.3 is 0 Å². The molecule has 0 unspecified atom stereocenters. The molecule has 35 nitrogen and oxygen atoms in total. The minimum Gasteiger partial charge on any atom is -0.389 e. The first-order chi connectivity index (χ1) is 42.6. The summed E-state index contributed by atoms with van der Waals surface area (Å²) in [6.45, 7) is 0.0844. The number of nitrogens with zero attached hydrogens (tertiary/aromatic N) is 3. The molecule has 1 aromatic rings. The van der Waals surface area contributed by atoms with Gasteiger partial charge in [0.1, 0.15) is 48.3 Å². The van der Waals surface area contributed by atoms with Crippen molar-refractivity contribution in [3.05, 3.63) is 18.2 Å². The third-order valence-electron chi connectivity index (χ3n) is 14.6. The molecule has 0 aromatic carbocycles. The van der Waals surface area contributed by atoms with E-state index < -0.39 is 145 Å². The van der Waals surface area contributed by atoms with E-state index in [1.54, 1.807) is 0 Å². The van der Waals surface area contributed by atoms with Gasteiger partial charge in [0.25, 0.3) is 0 Å². The van der Waals surface area contributed by atoms with Gasteiger partial charge in [0.2, 0.25) is 59.1 Å². The molecule has 89 heavy (non-hydrogen) atoms. The largest absolute Gasteiger partial charge is 0.389 e. The van der Waals surface area contributed by atoms with E-state index >= 15 is 0 Å². The highest BCUT2D eigenvalue weighted by atomic mass is 16.3. The SMILES string of the molecule is NCCCCNC(=O)[C@H](CCCCN)NC(=O)[C@@H](CCCN=C(N)N)NC(=O)[C@H](CCCCN)NC(=O)[C@H](Cc1cnc[nH]1)NC(=O)[C@@H]1CCCN1C(=O)[C@@H](CCCN)NC(=O)CNC(=O)[C@@H](NC(=O)[C@@H](NC(=O)[C@@H](N)CCCCN)[C@@H](O)CN)[C@@H](O)CN. The Kier molecular flexibility index (Phi) is 38.7. The van der Waals surface area contributed by atoms with Crippen LogP contribution in [0.3, 0.4) is 0 Å². The molecule has 0 radical (unpaired) electrons. The summed E-state index contributed by atoms with van der Waals surface area (Å²) in [5.74, 6) is -8.32. The maximum atomic E-state index is 14.5. The lowest BCUT2D eigenvalue weighted by Crippen LogP contribution is -2.63. The van der Waals surface area contributed by atoms with Crippen LogP contribution < -0.4 is 105 Å². The number of carbonyl (C=O) groups excluding carboxylic acids is 10. The molecule has 1 aliphatic heterocycles. The summed E-state index contributed by atoms with van der Waals surface area (Å²) in [5, 5.41) is 44.5. The Labute approximate surface area is 519 Å². The van der Waals surface area contributed by atoms with Crippen LogP contribution in [0.2, 0.25) is 0 Å². The van der Waals surface area contributed by atoms with Crippen molar-refractivity contribution >= 4 is 65.0 Å². The predicted molar refractivity (Wildman–Crippen MR) is 330 cm³/mol. The van der Waals surface area contributed by atoms with Crippen LogP contribution in [-0.2, 0) is 54.4 Å². The smallest absolute Gasteiger partial charge is 0.246 e. The molecule has 11 atom stereocenters. The second-order valence-electron chi connectivity index (χ2n) is 21.8. The highest BCUT2D eigenvalue weighted by Crippen LogP contribution is 2.21. The fourth-order valence-corrected chi connectivity index (χ4v) is 9.50. The van der Waals surface area contributed by atoms with Gasteiger partial charge in [-0.15, -0.1) is 0 Å². The Bertz CT molecular complexity index is 2350. The number of nitrogens with one attached hydrogen (secondary N) is 10. The standard InChI is InChI=1S/C54H103N23O12/c55-18-4-1-12-33(62)45(81)75-44(41(79)28-61)52(88)76-43(40(78)27-60)51(87)68-30-42(80)70-37(15-9-22-59)53(89)77-25-11-17-39(77)50(86)74-38(26-32-29-65-31-69-32)49(85)73-35(14-3-6-20-57)47(83)72-36(16-10-24-67-54(63)64)48(84)71-34(13-2-5-19-56)46(82)66-23-8-7-21-58/h29,31,33-41,43-44,78-79H,1-28,30,55-62H2,(H,65,69)(H,66,82)(H,68,87)(H,70,80)(H,71,84)(H,72,83)(H,73,85)(H,74,86)(H,75,81)(H,76,88)(H4,63,64,67)/t33-,34-,35-,36+,37+,38-,39-,40-,41-,43-,44-/m0/s1. The first kappa shape index (κ1) is 77.9. The molecule has 0 aliphatic carbocycles. The number of H-pyrrole nitrogens is 1. The fourth-order valence-electron chi connectivity index (χ4n) is 9.50. The van der Waals surface area contributed by atoms with Crippen LogP contribution in [0.4, 0.5) is 0 Å². The monoisotopic (exact) mass is 1270 g/mol. The van der Waals surface area contributed by atoms with Crippen molar-refractivity contribution in [2.75, 3.05) is 72.0 Å². The van der Waals surface area contributed by atoms with Gasteiger partial charge in [-0.2, -0.15) is 0 Å². The topological polar surface area (TPSA) is 624 Å². The minimum absolute atomic E-state index is 0.0109. The van der Waals surface area contributed by atoms with Crippen molar-refractivity contribution in [1.29, 1.82) is 0 Å². The summed E-state index contributed by atoms with van der Waals surface area (Å²) in [6, 6.07) is -12.1. The average molecular weight is 1270 g/mol. The van der Waals surface area contributed by atoms with Crippen molar-refractivity contribution in [2.45, 2.75) is 182 Å². The van der Waals surface area contributed by atoms with Crippen LogP contribution in [-0.4, -0.2) is 229 Å². The van der Waals surface area contributed by atoms with Gasteiger partial charge in [-0.05, 0) is 135 Å². The van der Waals surface area contributed by atoms with Crippen molar-refractivity contribution in [1.82, 2.24) is 62.7 Å². The maximum Gasteiger partial charge on any atom is 0.246 e. The van der Waals surface area contributed by atoms with E-state index in [9.17, 15) is 58.2 Å². The van der Waals surface area contributed by atoms with Gasteiger partial charge in [-0.25, -0.2) is 4.98 Å². The van der Waals surface area contributed by atoms with Gasteiger partial charge in [-0.3, -0.25) is 52.9 Å². The molecular formula is C54H103N23O12. The number of hydrogen-bond acceptors (Lipinski definition) is 22. The van der Waals surface area contributed by atoms with Crippen LogP contribution in [0.1, 0.15) is 115 Å². The van der Waals surface area contributed by atoms with Crippen molar-refractivity contribution in [3.8, 4) is 0 Å². The highest BCUT2D eigenvalue weighted by molar-refractivity contribution is 5.98. The summed E-state index contributed by atoms with van der Waals surface area (Å²) in [4.78, 5) is 151. The van der Waals surface area contributed by atoms with E-state index in [1.165, 1.54) is 17.4 Å². The average Bonchev–Trinajstić information content (AvgIpc) is 3.90. The molecule has 35 heteroatoms. The molecule has 0 bridgehead atoms. The molecule has 506 valence electrons. The number of carbonyl (C=O) groups is 10. The number of guanidine groups is 1. The second kappa shape index (κ2) is 44.3. The maximum absolute atomic E-state index is 14.5. The number of aromatic nitrogens is 2. The molecule has 1 aliphatic rings. The molecule has 1 aromatic heterocycles. The molecular weight excluding hydrogens is 1160 g/mol. The van der Waals surface area contributed by atoms with Crippen LogP contribution in [0.15, 0.2) is 17.5 Å². The summed E-state index contributed by atoms with van der Waals surface area (Å²) in [7, 11) is 0. The summed E-state index contributed by atoms with van der Waals surface area (Å²) >= 11 is 0. The van der Waals surface area contributed by atoms with Crippen molar-refractivity contribution in [3.63, 3.8) is 0 Å². The van der Waals surface area contributed by atoms with E-state index in [2.05, 4.69) is 62.8 Å². The van der Waals surface area contributed by atoms with Gasteiger partial charge < -0.3 is 125 Å². The Morgan fingerprint density at radius 1 is 0.562 bits per heavy atom. The number of unbranched alkanes of at least 4 members (excludes halogenated alkanes) is 4. The van der Waals surface area contributed by atoms with Gasteiger partial charge in [0.15, 0.2) is 5.96 Å². The number of hydrogen-bond donors (Lipinski definition) is 22. The van der Waals surface area contributed by atoms with Crippen LogP contribution in [0, 0.1) is 0 Å². The molecule has 0 spiro atoms. The lowest BCUT2D eigenvalue weighted by atomic mass is 10.0. The van der Waals surface area contributed by atoms with E-state index in [-0.39, 0.29) is 89.9 Å². The Balaban J connectivity index is 2.37. The summed E-state index contributed by atoms with van der Waals surface area (Å²) in [5.41, 5.74) is 57.2. The molecule has 1 fully saturated rings. The number of aliphatic hydroxyl groups is 2. The number of imidazole rings is 1. The number of aromatic amines is 1. The second-order valence-corrected chi connectivity index (χ2v) is 21.8. The zero-order valence-electron chi connectivity index (χ0n) is 51.1. The summed E-state index contributed by atoms with van der Waals surface area (Å²) < 4.78 is 0. The van der Waals surface area contributed by atoms with E-state index in [1.807, 2.05) is 0 Å². The van der Waals surface area contributed by atoms with Gasteiger partial charge in [-0.1, -0.05) is 6.42 Å². The molecule has 2 rings (SSSR count). The lowest BCUT2D eigenvalue weighted by molar-refractivity contribution is -0.142. The molecule has 32 N–H and O–H groups in total. The number of amides is 10. The predicted octanol–water partition coefficient (Wildman–Crippen LogP) is -9.55. The van der Waals surface area contributed by atoms with Gasteiger partial charge in [0.05, 0.1) is 31.1 Å². The Morgan fingerprint density at radius 2 is 1.07 bits per heavy atom. The van der Waals surface area contributed by atoms with Gasteiger partial charge in [0, 0.05) is 51.0 Å². The lowest BCUT2D eigenvalue weighted by Gasteiger charge is -2.30. The Morgan fingerprint density at radius 3 is 1.61 bits per heavy atom. The number of aliphatic hydroxyl groups excluding tert-OH is 2. The normalized spacial score (nSPS) is 16.3. The number of rotatable bonds is 47. The van der Waals surface area contributed by atoms with E-state index in [4.69, 9.17) is 57.3 Å². The summed E-state index contributed by atoms with van der Waals surface area (Å²) in [6.07, 6.45) is 4.86. The molecule has 10 amide bonds. The number of aliphatic imine (C=N–C) groups is 1. The zero-order valence-corrected chi connectivity index (χ0v) is 51.1. The van der Waals surface area contributed by atoms with Crippen LogP contribution in [0.5, 0.6) is 0 Å². The van der Waals surface area contributed by atoms with E-state index in [0.29, 0.717) is 89.7 Å². The number of nitrogens with two attached hydrogens (primary N) is 10. The minimum atomic E-state index is -1.83. The van der Waals surface area contributed by atoms with Crippen molar-refractivity contribution < 1.29 is 58.2 Å². The van der Waals surface area contributed by atoms with Crippen molar-refractivity contribution in [2.24, 2.45) is 62.3 Å². The van der Waals surface area contributed by atoms with Crippen LogP contribution >= 0.6 is 0 Å². The quantitative estimate of drug-likeness (QED) is 0.0164. The van der Waals surface area contributed by atoms with Crippen LogP contribution in [0.25, 0.3) is 0 Å². The van der Waals surface area contributed by atoms with E-state index in [0.717, 1.165) is 0 Å². The third kappa shape index (κ3) is 29.3. The molecule has 0 saturated carbocycles.